The molecule has 0 saturated heterocycles. The molecule has 0 N–H and O–H groups in total. The number of para-hydroxylation sites is 1. The smallest absolute Gasteiger partial charge is 0.325 e. The Morgan fingerprint density at radius 2 is 1.93 bits per heavy atom. The molecule has 0 saturated carbocycles. The van der Waals surface area contributed by atoms with E-state index in [-0.39, 0.29) is 13.2 Å². The van der Waals surface area contributed by atoms with E-state index in [1.165, 1.54) is 4.90 Å². The zero-order valence-electron chi connectivity index (χ0n) is 15.4. The van der Waals surface area contributed by atoms with Crippen LogP contribution in [0.1, 0.15) is 18.1 Å². The summed E-state index contributed by atoms with van der Waals surface area (Å²) in [5, 5.41) is 20.4. The van der Waals surface area contributed by atoms with Crippen LogP contribution in [0.25, 0.3) is 0 Å². The molecular formula is C21H15Cl2N3O3. The van der Waals surface area contributed by atoms with E-state index in [9.17, 15) is 20.1 Å². The molecule has 1 amide bonds. The van der Waals surface area contributed by atoms with Crippen molar-refractivity contribution in [2.45, 2.75) is 18.9 Å². The Morgan fingerprint density at radius 3 is 2.55 bits per heavy atom. The molecule has 2 atom stereocenters. The summed E-state index contributed by atoms with van der Waals surface area (Å²) in [6, 6.07) is 15.3. The van der Waals surface area contributed by atoms with Gasteiger partial charge in [-0.3, -0.25) is 9.59 Å². The Morgan fingerprint density at radius 1 is 1.21 bits per heavy atom. The second-order valence-corrected chi connectivity index (χ2v) is 7.21. The number of rotatable bonds is 5. The summed E-state index contributed by atoms with van der Waals surface area (Å²) in [6.07, 6.45) is 0. The van der Waals surface area contributed by atoms with Gasteiger partial charge in [0.05, 0.1) is 35.3 Å². The molecule has 2 unspecified atom stereocenters. The molecule has 0 aromatic heterocycles. The molecule has 146 valence electrons. The monoisotopic (exact) mass is 427 g/mol. The van der Waals surface area contributed by atoms with Gasteiger partial charge in [-0.25, -0.2) is 0 Å². The minimum Gasteiger partial charge on any atom is -0.465 e. The van der Waals surface area contributed by atoms with Crippen LogP contribution in [0.5, 0.6) is 0 Å². The number of anilines is 1. The molecule has 0 fully saturated rings. The maximum absolute atomic E-state index is 13.5. The first kappa shape index (κ1) is 20.7. The highest BCUT2D eigenvalue weighted by Gasteiger charge is 2.59. The number of nitrogens with zero attached hydrogens (tertiary/aromatic N) is 3. The number of amides is 1. The number of benzene rings is 2. The third-order valence-electron chi connectivity index (χ3n) is 4.79. The first-order chi connectivity index (χ1) is 13.9. The summed E-state index contributed by atoms with van der Waals surface area (Å²) in [5.41, 5.74) is -0.559. The highest BCUT2D eigenvalue weighted by Crippen LogP contribution is 2.47. The predicted molar refractivity (Wildman–Crippen MR) is 107 cm³/mol. The highest BCUT2D eigenvalue weighted by molar-refractivity contribution is 6.42. The normalized spacial score (nSPS) is 18.5. The fourth-order valence-electron chi connectivity index (χ4n) is 3.46. The molecule has 3 rings (SSSR count). The van der Waals surface area contributed by atoms with Crippen molar-refractivity contribution in [3.05, 3.63) is 63.6 Å². The molecule has 0 aliphatic carbocycles. The fraction of sp³-hybridized carbons (Fsp3) is 0.238. The van der Waals surface area contributed by atoms with Gasteiger partial charge >= 0.3 is 5.97 Å². The Labute approximate surface area is 177 Å². The van der Waals surface area contributed by atoms with Crippen molar-refractivity contribution in [2.24, 2.45) is 5.92 Å². The second kappa shape index (κ2) is 8.13. The summed E-state index contributed by atoms with van der Waals surface area (Å²) < 4.78 is 4.96. The van der Waals surface area contributed by atoms with Crippen molar-refractivity contribution in [1.82, 2.24) is 0 Å². The lowest BCUT2D eigenvalue weighted by Crippen LogP contribution is -2.47. The molecule has 0 spiro atoms. The van der Waals surface area contributed by atoms with Crippen LogP contribution in [-0.4, -0.2) is 18.5 Å². The number of hydrogen-bond acceptors (Lipinski definition) is 5. The van der Waals surface area contributed by atoms with Gasteiger partial charge in [-0.15, -0.1) is 0 Å². The number of esters is 1. The Kier molecular flexibility index (Phi) is 5.79. The molecule has 1 heterocycles. The van der Waals surface area contributed by atoms with Gasteiger partial charge in [0.1, 0.15) is 0 Å². The van der Waals surface area contributed by atoms with Crippen molar-refractivity contribution < 1.29 is 14.3 Å². The third-order valence-corrected chi connectivity index (χ3v) is 5.53. The lowest BCUT2D eigenvalue weighted by atomic mass is 9.72. The summed E-state index contributed by atoms with van der Waals surface area (Å²) in [7, 11) is 0. The number of fused-ring (bicyclic) bond motifs is 1. The van der Waals surface area contributed by atoms with E-state index in [1.54, 1.807) is 49.4 Å². The number of ether oxygens (including phenoxy) is 1. The number of halogens is 2. The van der Waals surface area contributed by atoms with E-state index in [2.05, 4.69) is 0 Å². The molecule has 8 heteroatoms. The topological polar surface area (TPSA) is 94.2 Å². The largest absolute Gasteiger partial charge is 0.465 e. The first-order valence-corrected chi connectivity index (χ1v) is 9.49. The molecule has 2 aromatic carbocycles. The molecular weight excluding hydrogens is 413 g/mol. The van der Waals surface area contributed by atoms with Crippen molar-refractivity contribution in [3.63, 3.8) is 0 Å². The first-order valence-electron chi connectivity index (χ1n) is 8.73. The maximum Gasteiger partial charge on any atom is 0.325 e. The molecule has 6 nitrogen and oxygen atoms in total. The van der Waals surface area contributed by atoms with Crippen molar-refractivity contribution >= 4 is 40.8 Å². The zero-order chi connectivity index (χ0) is 21.2. The van der Waals surface area contributed by atoms with Crippen LogP contribution in [0.15, 0.2) is 42.5 Å². The highest BCUT2D eigenvalue weighted by atomic mass is 35.5. The summed E-state index contributed by atoms with van der Waals surface area (Å²) >= 11 is 12.0. The second-order valence-electron chi connectivity index (χ2n) is 6.39. The SMILES string of the molecule is CCOC(=O)C(C#N)C1(C#N)C(=O)N(Cc2ccc(Cl)c(Cl)c2)c2ccccc21. The Bertz CT molecular complexity index is 1070. The van der Waals surface area contributed by atoms with Gasteiger partial charge in [0, 0.05) is 11.3 Å². The van der Waals surface area contributed by atoms with Gasteiger partial charge in [-0.1, -0.05) is 47.5 Å². The standard InChI is InChI=1S/C21H15Cl2N3O3/c1-2-29-19(27)15(10-24)21(12-25)14-5-3-4-6-18(14)26(20(21)28)11-13-7-8-16(22)17(23)9-13/h3-9,15H,2,11H2,1H3. The van der Waals surface area contributed by atoms with E-state index in [0.717, 1.165) is 0 Å². The molecule has 0 radical (unpaired) electrons. The van der Waals surface area contributed by atoms with E-state index in [1.807, 2.05) is 12.1 Å². The summed E-state index contributed by atoms with van der Waals surface area (Å²) in [5.74, 6) is -3.16. The molecule has 1 aliphatic rings. The van der Waals surface area contributed by atoms with Gasteiger partial charge < -0.3 is 9.64 Å². The predicted octanol–water partition coefficient (Wildman–Crippen LogP) is 4.00. The molecule has 1 aliphatic heterocycles. The minimum atomic E-state index is -1.99. The maximum atomic E-state index is 13.5. The van der Waals surface area contributed by atoms with Crippen LogP contribution < -0.4 is 4.90 Å². The minimum absolute atomic E-state index is 0.0291. The van der Waals surface area contributed by atoms with Gasteiger partial charge in [-0.05, 0) is 30.7 Å². The third kappa shape index (κ3) is 3.31. The van der Waals surface area contributed by atoms with E-state index < -0.39 is 23.2 Å². The van der Waals surface area contributed by atoms with Crippen molar-refractivity contribution in [1.29, 1.82) is 10.5 Å². The summed E-state index contributed by atoms with van der Waals surface area (Å²) in [6.45, 7) is 1.71. The zero-order valence-corrected chi connectivity index (χ0v) is 16.9. The van der Waals surface area contributed by atoms with Crippen molar-refractivity contribution in [3.8, 4) is 12.1 Å². The van der Waals surface area contributed by atoms with Gasteiger partial charge in [0.25, 0.3) is 5.91 Å². The fourth-order valence-corrected chi connectivity index (χ4v) is 3.78. The Hall–Kier alpha value is -3.06. The average molecular weight is 428 g/mol. The van der Waals surface area contributed by atoms with E-state index in [4.69, 9.17) is 27.9 Å². The molecule has 2 aromatic rings. The van der Waals surface area contributed by atoms with Crippen LogP contribution in [0, 0.1) is 28.6 Å². The average Bonchev–Trinajstić information content (AvgIpc) is 2.95. The lowest BCUT2D eigenvalue weighted by Gasteiger charge is -2.25. The summed E-state index contributed by atoms with van der Waals surface area (Å²) in [4.78, 5) is 27.3. The quantitative estimate of drug-likeness (QED) is 0.671. The van der Waals surface area contributed by atoms with Crippen LogP contribution in [0.2, 0.25) is 10.0 Å². The lowest BCUT2D eigenvalue weighted by molar-refractivity contribution is -0.149. The van der Waals surface area contributed by atoms with Crippen molar-refractivity contribution in [2.75, 3.05) is 11.5 Å². The van der Waals surface area contributed by atoms with Crippen LogP contribution in [0.3, 0.4) is 0 Å². The van der Waals surface area contributed by atoms with Gasteiger partial charge in [0.15, 0.2) is 11.3 Å². The number of nitriles is 2. The van der Waals surface area contributed by atoms with Crippen LogP contribution in [0.4, 0.5) is 5.69 Å². The van der Waals surface area contributed by atoms with E-state index in [0.29, 0.717) is 26.9 Å². The van der Waals surface area contributed by atoms with Crippen LogP contribution in [-0.2, 0) is 26.3 Å². The Balaban J connectivity index is 2.12. The number of carbonyl (C=O) groups is 2. The van der Waals surface area contributed by atoms with Crippen LogP contribution >= 0.6 is 23.2 Å². The number of carbonyl (C=O) groups excluding carboxylic acids is 2. The van der Waals surface area contributed by atoms with E-state index >= 15 is 0 Å². The number of hydrogen-bond donors (Lipinski definition) is 0. The molecule has 29 heavy (non-hydrogen) atoms. The molecule has 0 bridgehead atoms. The van der Waals surface area contributed by atoms with Gasteiger partial charge in [-0.2, -0.15) is 10.5 Å². The van der Waals surface area contributed by atoms with Gasteiger partial charge in [0.2, 0.25) is 0 Å².